The highest BCUT2D eigenvalue weighted by molar-refractivity contribution is 7.95. The van der Waals surface area contributed by atoms with Gasteiger partial charge in [0.2, 0.25) is 0 Å². The first-order chi connectivity index (χ1) is 16.5. The maximum absolute atomic E-state index is 13.4. The molecule has 26 heteroatoms. The monoisotopic (exact) mass is 648 g/mol. The van der Waals surface area contributed by atoms with Crippen LogP contribution < -0.4 is 5.26 Å². The van der Waals surface area contributed by atoms with Gasteiger partial charge in [-0.1, -0.05) is 0 Å². The lowest BCUT2D eigenvalue weighted by Crippen LogP contribution is -2.65. The number of rotatable bonds is 17. The maximum atomic E-state index is 13.4. The van der Waals surface area contributed by atoms with Crippen molar-refractivity contribution in [2.75, 3.05) is 13.2 Å². The predicted octanol–water partition coefficient (Wildman–Crippen LogP) is 4.13. The summed E-state index contributed by atoms with van der Waals surface area (Å²) in [7, 11) is -7.67. The summed E-state index contributed by atoms with van der Waals surface area (Å²) >= 11 is -2.11. The van der Waals surface area contributed by atoms with Gasteiger partial charge in [0.25, 0.3) is 0 Å². The molecule has 0 fully saturated rings. The highest BCUT2D eigenvalue weighted by atomic mass is 32.2. The van der Waals surface area contributed by atoms with E-state index in [1.165, 1.54) is 0 Å². The van der Waals surface area contributed by atoms with Crippen molar-refractivity contribution in [3.8, 4) is 0 Å². The highest BCUT2D eigenvalue weighted by Crippen LogP contribution is 2.57. The topological polar surface area (TPSA) is 117 Å². The van der Waals surface area contributed by atoms with Gasteiger partial charge in [0.1, 0.15) is 12.0 Å². The molecular formula is C12H8F16O8S2-2. The summed E-state index contributed by atoms with van der Waals surface area (Å²) in [6, 6.07) is 0. The molecule has 0 aliphatic carbocycles. The normalized spacial score (nSPS) is 15.7. The fraction of sp³-hybridized carbons (Fsp3) is 1.00. The van der Waals surface area contributed by atoms with Crippen molar-refractivity contribution in [2.24, 2.45) is 0 Å². The number of halogens is 16. The lowest BCUT2D eigenvalue weighted by atomic mass is 10.1. The fourth-order valence-corrected chi connectivity index (χ4v) is 2.57. The molecule has 0 amide bonds. The van der Waals surface area contributed by atoms with E-state index in [9.17, 15) is 88.5 Å². The van der Waals surface area contributed by atoms with E-state index in [1.54, 1.807) is 0 Å². The van der Waals surface area contributed by atoms with Crippen LogP contribution in [0.15, 0.2) is 0 Å². The molecule has 38 heavy (non-hydrogen) atoms. The molecule has 0 aromatic heterocycles. The van der Waals surface area contributed by atoms with Gasteiger partial charge in [-0.05, 0) is 12.8 Å². The van der Waals surface area contributed by atoms with Gasteiger partial charge in [-0.2, -0.15) is 74.6 Å². The fourth-order valence-electron chi connectivity index (χ4n) is 1.78. The van der Waals surface area contributed by atoms with E-state index in [-0.39, 0.29) is 0 Å². The molecule has 8 nitrogen and oxygen atoms in total. The van der Waals surface area contributed by atoms with Crippen molar-refractivity contribution in [1.29, 1.82) is 0 Å². The Kier molecular flexibility index (Phi) is 11.1. The van der Waals surface area contributed by atoms with Crippen molar-refractivity contribution in [3.05, 3.63) is 0 Å². The van der Waals surface area contributed by atoms with Crippen molar-refractivity contribution in [2.45, 2.75) is 59.3 Å². The standard InChI is InChI=1S/C12H10F16O8S2/c13-5(14,7(17,18)11(25,26)37-36-35-29)9(21,22)33-3-1-2-4-34-10(23,24)6(15,16)8(19,20)12(27,28)38(30,31)32/h29H,1-4H2,(H,30,31,32)/p-2. The summed E-state index contributed by atoms with van der Waals surface area (Å²) in [5.74, 6) is -29.2. The second-order valence-corrected chi connectivity index (χ2v) is 8.68. The van der Waals surface area contributed by atoms with Crippen molar-refractivity contribution < 1.29 is 107 Å². The van der Waals surface area contributed by atoms with Crippen molar-refractivity contribution in [3.63, 3.8) is 0 Å². The third-order valence-corrected chi connectivity index (χ3v) is 5.31. The molecule has 0 aliphatic heterocycles. The number of hydrogen-bond acceptors (Lipinski definition) is 9. The van der Waals surface area contributed by atoms with Crippen LogP contribution in [0.4, 0.5) is 70.2 Å². The first-order valence-electron chi connectivity index (χ1n) is 8.42. The van der Waals surface area contributed by atoms with Crippen LogP contribution in [0.2, 0.25) is 0 Å². The van der Waals surface area contributed by atoms with Gasteiger partial charge in [-0.25, -0.2) is 8.42 Å². The summed E-state index contributed by atoms with van der Waals surface area (Å²) in [6.45, 7) is -4.00. The Morgan fingerprint density at radius 2 is 0.947 bits per heavy atom. The van der Waals surface area contributed by atoms with Gasteiger partial charge < -0.3 is 19.3 Å². The summed E-state index contributed by atoms with van der Waals surface area (Å²) in [6.07, 6.45) is -16.0. The van der Waals surface area contributed by atoms with E-state index in [1.807, 2.05) is 0 Å². The van der Waals surface area contributed by atoms with Crippen molar-refractivity contribution in [1.82, 2.24) is 0 Å². The van der Waals surface area contributed by atoms with Gasteiger partial charge in [-0.3, -0.25) is 5.04 Å². The van der Waals surface area contributed by atoms with E-state index in [4.69, 9.17) is 0 Å². The first kappa shape index (κ1) is 36.9. The van der Waals surface area contributed by atoms with Crippen LogP contribution in [-0.2, 0) is 29.0 Å². The third-order valence-electron chi connectivity index (χ3n) is 3.84. The quantitative estimate of drug-likeness (QED) is 0.0574. The zero-order valence-corrected chi connectivity index (χ0v) is 18.6. The Labute approximate surface area is 202 Å². The van der Waals surface area contributed by atoms with E-state index in [0.29, 0.717) is 0 Å². The van der Waals surface area contributed by atoms with Gasteiger partial charge in [0, 0.05) is 0 Å². The molecule has 0 atom stereocenters. The number of hydrogen-bond donors (Lipinski definition) is 0. The summed E-state index contributed by atoms with van der Waals surface area (Å²) in [5.41, 5.74) is 0. The zero-order valence-electron chi connectivity index (χ0n) is 17.0. The summed E-state index contributed by atoms with van der Waals surface area (Å²) < 4.78 is 250. The Balaban J connectivity index is 5.24. The molecule has 0 N–H and O–H groups in total. The van der Waals surface area contributed by atoms with Crippen LogP contribution in [0.3, 0.4) is 0 Å². The van der Waals surface area contributed by atoms with Crippen molar-refractivity contribution >= 4 is 22.2 Å². The predicted molar refractivity (Wildman–Crippen MR) is 80.2 cm³/mol. The van der Waals surface area contributed by atoms with Crippen LogP contribution in [-0.4, -0.2) is 72.6 Å². The molecule has 0 spiro atoms. The van der Waals surface area contributed by atoms with Crippen LogP contribution in [0.25, 0.3) is 0 Å². The van der Waals surface area contributed by atoms with E-state index in [2.05, 4.69) is 18.8 Å². The maximum Gasteiger partial charge on any atom is 0.426 e. The summed E-state index contributed by atoms with van der Waals surface area (Å²) in [5, 5.41) is -2.08. The van der Waals surface area contributed by atoms with Crippen LogP contribution in [0.5, 0.6) is 0 Å². The minimum absolute atomic E-state index is 1.38. The highest BCUT2D eigenvalue weighted by Gasteiger charge is 2.84. The van der Waals surface area contributed by atoms with Gasteiger partial charge >= 0.3 is 46.4 Å². The number of ether oxygens (including phenoxy) is 2. The molecule has 0 heterocycles. The van der Waals surface area contributed by atoms with E-state index in [0.717, 1.165) is 0 Å². The summed E-state index contributed by atoms with van der Waals surface area (Å²) in [4.78, 5) is 0. The van der Waals surface area contributed by atoms with Crippen LogP contribution in [0.1, 0.15) is 12.8 Å². The minimum Gasteiger partial charge on any atom is -0.743 e. The molecule has 0 saturated carbocycles. The lowest BCUT2D eigenvalue weighted by Gasteiger charge is -2.36. The average molecular weight is 648 g/mol. The van der Waals surface area contributed by atoms with Gasteiger partial charge in [-0.15, -0.1) is 0 Å². The second-order valence-electron chi connectivity index (χ2n) is 6.44. The van der Waals surface area contributed by atoms with E-state index < -0.39 is 94.6 Å². The molecule has 0 radical (unpaired) electrons. The molecule has 0 aromatic rings. The molecule has 0 rings (SSSR count). The molecule has 0 unspecified atom stereocenters. The average Bonchev–Trinajstić information content (AvgIpc) is 2.72. The Morgan fingerprint density at radius 3 is 1.26 bits per heavy atom. The van der Waals surface area contributed by atoms with Crippen LogP contribution >= 0.6 is 12.0 Å². The molecule has 0 aliphatic rings. The molecule has 0 bridgehead atoms. The molecule has 0 saturated heterocycles. The Hall–Kier alpha value is -1.06. The van der Waals surface area contributed by atoms with E-state index >= 15 is 0 Å². The largest absolute Gasteiger partial charge is 0.743 e. The smallest absolute Gasteiger partial charge is 0.426 e. The second kappa shape index (κ2) is 11.4. The Bertz CT molecular complexity index is 897. The molecule has 230 valence electrons. The minimum atomic E-state index is -7.67. The Morgan fingerprint density at radius 1 is 0.605 bits per heavy atom. The van der Waals surface area contributed by atoms with Crippen LogP contribution in [0, 0.1) is 0 Å². The molecular weight excluding hydrogens is 640 g/mol. The SMILES string of the molecule is O=S(=O)([O-])C(F)(F)C(F)(F)C(F)(F)C(F)(F)OCCCCOC(F)(F)C(F)(F)C(F)(F)C(F)(F)SOO[O-]. The zero-order chi connectivity index (χ0) is 30.9. The first-order valence-corrected chi connectivity index (χ1v) is 10.6. The van der Waals surface area contributed by atoms with Gasteiger partial charge in [0.05, 0.1) is 13.2 Å². The van der Waals surface area contributed by atoms with Gasteiger partial charge in [0.15, 0.2) is 10.1 Å². The number of unbranched alkanes of at least 4 members (excludes halogenated alkanes) is 1. The lowest BCUT2D eigenvalue weighted by molar-refractivity contribution is -0.777. The number of alkyl halides is 16. The third kappa shape index (κ3) is 6.63. The molecule has 0 aromatic carbocycles.